The number of nitrogens with zero attached hydrogens (tertiary/aromatic N) is 4. The normalized spacial score (nSPS) is 12.0. The molecule has 13 aromatic carbocycles. The molecule has 0 spiro atoms. The van der Waals surface area contributed by atoms with Gasteiger partial charge in [-0.15, -0.1) is 0 Å². The number of para-hydroxylation sites is 8. The van der Waals surface area contributed by atoms with Crippen molar-refractivity contribution in [1.82, 2.24) is 9.13 Å². The highest BCUT2D eigenvalue weighted by Crippen LogP contribution is 2.49. The number of benzene rings is 13. The van der Waals surface area contributed by atoms with Gasteiger partial charge in [-0.2, -0.15) is 0 Å². The minimum absolute atomic E-state index is 0.828. The largest absolute Gasteiger partial charge is 0.456 e. The van der Waals surface area contributed by atoms with Crippen molar-refractivity contribution in [2.24, 2.45) is 0 Å². The van der Waals surface area contributed by atoms with Gasteiger partial charge in [0.05, 0.1) is 33.4 Å². The van der Waals surface area contributed by atoms with E-state index in [2.05, 4.69) is 300 Å². The zero-order chi connectivity index (χ0) is 54.2. The van der Waals surface area contributed by atoms with Gasteiger partial charge in [0, 0.05) is 77.2 Å². The van der Waals surface area contributed by atoms with E-state index in [0.717, 1.165) is 122 Å². The summed E-state index contributed by atoms with van der Waals surface area (Å²) in [6.45, 7) is 4.40. The average molecular weight is 1050 g/mol. The molecule has 4 heterocycles. The molecule has 0 amide bonds. The van der Waals surface area contributed by atoms with E-state index in [1.54, 1.807) is 0 Å². The second kappa shape index (κ2) is 17.8. The molecule has 0 atom stereocenters. The van der Waals surface area contributed by atoms with Gasteiger partial charge in [0.25, 0.3) is 0 Å². The van der Waals surface area contributed by atoms with Crippen molar-refractivity contribution < 1.29 is 8.83 Å². The highest BCUT2D eigenvalue weighted by atomic mass is 16.3. The van der Waals surface area contributed by atoms with E-state index in [4.69, 9.17) is 8.83 Å². The molecule has 0 aliphatic carbocycles. The highest BCUT2D eigenvalue weighted by molar-refractivity contribution is 6.28. The molecule has 0 fully saturated rings. The molecule has 17 rings (SSSR count). The van der Waals surface area contributed by atoms with Crippen LogP contribution in [0.5, 0.6) is 0 Å². The molecule has 17 aromatic rings. The summed E-state index contributed by atoms with van der Waals surface area (Å²) in [6.07, 6.45) is 0. The van der Waals surface area contributed by atoms with Gasteiger partial charge >= 0.3 is 0 Å². The zero-order valence-electron chi connectivity index (χ0n) is 45.0. The number of fused-ring (bicyclic) bond motifs is 15. The summed E-state index contributed by atoms with van der Waals surface area (Å²) in [6, 6.07) is 96.6. The SMILES string of the molecule is Cc1ccccc1N(c1ccc2cc3c(cc2c1)oc1ccc2oc4cc5cc(N(c6ccccc6C)c6cccc7c8ccccc8n(-c8ccccc8)c67)ccc5cc4c2c13)c1cccc2c3ccccc3n(-c3ccccc3)c12. The van der Waals surface area contributed by atoms with Crippen LogP contribution in [0.1, 0.15) is 11.1 Å². The van der Waals surface area contributed by atoms with Gasteiger partial charge in [-0.25, -0.2) is 0 Å². The number of aromatic nitrogens is 2. The average Bonchev–Trinajstić information content (AvgIpc) is 4.46. The summed E-state index contributed by atoms with van der Waals surface area (Å²) in [5.74, 6) is 0. The Labute approximate surface area is 471 Å². The summed E-state index contributed by atoms with van der Waals surface area (Å²) in [5.41, 5.74) is 19.1. The molecule has 386 valence electrons. The Morgan fingerprint density at radius 3 is 1.12 bits per heavy atom. The van der Waals surface area contributed by atoms with Crippen molar-refractivity contribution in [3.8, 4) is 11.4 Å². The first kappa shape index (κ1) is 46.1. The lowest BCUT2D eigenvalue weighted by Crippen LogP contribution is -2.13. The van der Waals surface area contributed by atoms with Crippen LogP contribution in [-0.4, -0.2) is 9.13 Å². The summed E-state index contributed by atoms with van der Waals surface area (Å²) < 4.78 is 18.6. The Balaban J connectivity index is 0.816. The molecular weight excluding hydrogens is 1000 g/mol. The summed E-state index contributed by atoms with van der Waals surface area (Å²) in [5, 5.41) is 13.5. The standard InChI is InChI=1S/C76H50N4O2/c1-47-19-9-13-29-63(47)77(67-33-17-27-59-57-25-11-15-31-65(57)79(75(59)67)53-21-5-3-6-22-53)55-37-35-49-43-61-71(45-51(49)41-55)81-69-39-40-70-74(73(61)69)62-44-50-36-38-56(42-52(50)46-72(62)82-70)78(64-30-14-10-20-48(64)2)68-34-18-28-60-58-26-12-16-32-66(58)80(76(60)68)54-23-7-4-8-24-54/h3-46H,1-2H3. The fourth-order valence-corrected chi connectivity index (χ4v) is 13.4. The molecule has 0 aliphatic heterocycles. The predicted octanol–water partition coefficient (Wildman–Crippen LogP) is 21.5. The zero-order valence-corrected chi connectivity index (χ0v) is 45.0. The molecule has 4 aromatic heterocycles. The van der Waals surface area contributed by atoms with E-state index < -0.39 is 0 Å². The second-order valence-corrected chi connectivity index (χ2v) is 21.7. The van der Waals surface area contributed by atoms with Crippen molar-refractivity contribution >= 4 is 143 Å². The number of furan rings is 2. The maximum absolute atomic E-state index is 6.88. The van der Waals surface area contributed by atoms with E-state index in [9.17, 15) is 0 Å². The van der Waals surface area contributed by atoms with Crippen LogP contribution >= 0.6 is 0 Å². The van der Waals surface area contributed by atoms with Crippen molar-refractivity contribution in [2.45, 2.75) is 13.8 Å². The number of aryl methyl sites for hydroxylation is 2. The second-order valence-electron chi connectivity index (χ2n) is 21.7. The highest BCUT2D eigenvalue weighted by Gasteiger charge is 2.26. The predicted molar refractivity (Wildman–Crippen MR) is 344 cm³/mol. The van der Waals surface area contributed by atoms with Gasteiger partial charge in [0.15, 0.2) is 0 Å². The molecule has 0 unspecified atom stereocenters. The topological polar surface area (TPSA) is 42.6 Å². The lowest BCUT2D eigenvalue weighted by atomic mass is 10.00. The molecule has 0 saturated carbocycles. The molecule has 0 saturated heterocycles. The van der Waals surface area contributed by atoms with Crippen LogP contribution in [0.25, 0.3) is 120 Å². The van der Waals surface area contributed by atoms with Crippen molar-refractivity contribution in [1.29, 1.82) is 0 Å². The third kappa shape index (κ3) is 6.88. The first-order valence-corrected chi connectivity index (χ1v) is 28.1. The van der Waals surface area contributed by atoms with Gasteiger partial charge in [0.1, 0.15) is 22.3 Å². The molecule has 82 heavy (non-hydrogen) atoms. The fourth-order valence-electron chi connectivity index (χ4n) is 13.4. The summed E-state index contributed by atoms with van der Waals surface area (Å²) in [7, 11) is 0. The molecule has 6 nitrogen and oxygen atoms in total. The van der Waals surface area contributed by atoms with Gasteiger partial charge < -0.3 is 27.8 Å². The lowest BCUT2D eigenvalue weighted by molar-refractivity contribution is 0.663. The van der Waals surface area contributed by atoms with Crippen LogP contribution in [0.15, 0.2) is 276 Å². The minimum atomic E-state index is 0.828. The summed E-state index contributed by atoms with van der Waals surface area (Å²) in [4.78, 5) is 4.86. The van der Waals surface area contributed by atoms with Crippen LogP contribution in [0.4, 0.5) is 34.1 Å². The maximum atomic E-state index is 6.88. The van der Waals surface area contributed by atoms with E-state index in [1.807, 2.05) is 0 Å². The first-order valence-electron chi connectivity index (χ1n) is 28.1. The van der Waals surface area contributed by atoms with Crippen LogP contribution in [0, 0.1) is 13.8 Å². The minimum Gasteiger partial charge on any atom is -0.456 e. The molecule has 0 radical (unpaired) electrons. The molecule has 0 aliphatic rings. The van der Waals surface area contributed by atoms with Crippen LogP contribution in [-0.2, 0) is 0 Å². The lowest BCUT2D eigenvalue weighted by Gasteiger charge is -2.28. The van der Waals surface area contributed by atoms with E-state index in [0.29, 0.717) is 0 Å². The fraction of sp³-hybridized carbons (Fsp3) is 0.0263. The van der Waals surface area contributed by atoms with Gasteiger partial charge in [0.2, 0.25) is 0 Å². The van der Waals surface area contributed by atoms with Crippen molar-refractivity contribution in [2.75, 3.05) is 9.80 Å². The van der Waals surface area contributed by atoms with Crippen LogP contribution in [0.2, 0.25) is 0 Å². The molecule has 0 bridgehead atoms. The quantitative estimate of drug-likeness (QED) is 0.152. The maximum Gasteiger partial charge on any atom is 0.136 e. The Morgan fingerprint density at radius 1 is 0.280 bits per heavy atom. The Bertz CT molecular complexity index is 5110. The van der Waals surface area contributed by atoms with E-state index in [-0.39, 0.29) is 0 Å². The van der Waals surface area contributed by atoms with Gasteiger partial charge in [-0.1, -0.05) is 146 Å². The van der Waals surface area contributed by atoms with Crippen molar-refractivity contribution in [3.63, 3.8) is 0 Å². The van der Waals surface area contributed by atoms with E-state index in [1.165, 1.54) is 43.7 Å². The number of rotatable bonds is 8. The Morgan fingerprint density at radius 2 is 0.671 bits per heavy atom. The number of hydrogen-bond acceptors (Lipinski definition) is 4. The smallest absolute Gasteiger partial charge is 0.136 e. The van der Waals surface area contributed by atoms with Gasteiger partial charge in [-0.3, -0.25) is 0 Å². The molecular formula is C76H50N4O2. The van der Waals surface area contributed by atoms with Gasteiger partial charge in [-0.05, 0) is 168 Å². The Kier molecular flexibility index (Phi) is 10.0. The number of anilines is 6. The monoisotopic (exact) mass is 1050 g/mol. The third-order valence-corrected chi connectivity index (χ3v) is 17.0. The van der Waals surface area contributed by atoms with E-state index >= 15 is 0 Å². The third-order valence-electron chi connectivity index (χ3n) is 17.0. The molecule has 6 heteroatoms. The first-order chi connectivity index (χ1) is 40.5. The number of hydrogen-bond donors (Lipinski definition) is 0. The Hall–Kier alpha value is -10.8. The van der Waals surface area contributed by atoms with Crippen LogP contribution < -0.4 is 9.80 Å². The van der Waals surface area contributed by atoms with Crippen molar-refractivity contribution in [3.05, 3.63) is 278 Å². The summed E-state index contributed by atoms with van der Waals surface area (Å²) >= 11 is 0. The molecule has 0 N–H and O–H groups in total. The van der Waals surface area contributed by atoms with Crippen LogP contribution in [0.3, 0.4) is 0 Å².